The van der Waals surface area contributed by atoms with Gasteiger partial charge in [-0.15, -0.1) is 0 Å². The first-order valence-electron chi connectivity index (χ1n) is 7.01. The molecule has 1 unspecified atom stereocenters. The van der Waals surface area contributed by atoms with Crippen LogP contribution in [-0.4, -0.2) is 45.9 Å². The second-order valence-electron chi connectivity index (χ2n) is 5.47. The third-order valence-electron chi connectivity index (χ3n) is 3.88. The van der Waals surface area contributed by atoms with Crippen LogP contribution in [0.4, 0.5) is 0 Å². The van der Waals surface area contributed by atoms with Gasteiger partial charge >= 0.3 is 5.69 Å². The second-order valence-corrected chi connectivity index (χ2v) is 5.47. The standard InChI is InChI=1S/C13H18N4O3/c18-11-10(6-15-13(20)16-11)12(19)17(9-3-4-9)7-8-2-1-5-14-8/h6,8-9,14H,1-5,7H2,(H2,15,16,18,20). The van der Waals surface area contributed by atoms with Crippen LogP contribution in [0.5, 0.6) is 0 Å². The van der Waals surface area contributed by atoms with Crippen LogP contribution in [0.15, 0.2) is 15.8 Å². The van der Waals surface area contributed by atoms with Crippen LogP contribution in [0.2, 0.25) is 0 Å². The third-order valence-corrected chi connectivity index (χ3v) is 3.88. The lowest BCUT2D eigenvalue weighted by molar-refractivity contribution is 0.0726. The maximum absolute atomic E-state index is 12.5. The predicted molar refractivity (Wildman–Crippen MR) is 72.8 cm³/mol. The average Bonchev–Trinajstić information content (AvgIpc) is 3.12. The van der Waals surface area contributed by atoms with Crippen molar-refractivity contribution in [1.82, 2.24) is 20.2 Å². The summed E-state index contributed by atoms with van der Waals surface area (Å²) in [6.07, 6.45) is 5.36. The highest BCUT2D eigenvalue weighted by Gasteiger charge is 2.35. The van der Waals surface area contributed by atoms with E-state index in [-0.39, 0.29) is 17.5 Å². The zero-order chi connectivity index (χ0) is 14.1. The molecule has 3 rings (SSSR count). The number of aromatic amines is 2. The predicted octanol–water partition coefficient (Wildman–Crippen LogP) is -0.580. The molecule has 0 bridgehead atoms. The topological polar surface area (TPSA) is 98.1 Å². The smallest absolute Gasteiger partial charge is 0.325 e. The number of nitrogens with one attached hydrogen (secondary N) is 3. The van der Waals surface area contributed by atoms with Crippen molar-refractivity contribution in [2.45, 2.75) is 37.8 Å². The molecule has 2 aliphatic rings. The molecule has 0 radical (unpaired) electrons. The lowest BCUT2D eigenvalue weighted by atomic mass is 10.2. The van der Waals surface area contributed by atoms with E-state index >= 15 is 0 Å². The molecule has 7 nitrogen and oxygen atoms in total. The Morgan fingerprint density at radius 2 is 2.10 bits per heavy atom. The number of hydrogen-bond donors (Lipinski definition) is 3. The molecule has 1 saturated heterocycles. The minimum absolute atomic E-state index is 0.00879. The van der Waals surface area contributed by atoms with E-state index in [0.717, 1.165) is 32.2 Å². The first-order chi connectivity index (χ1) is 9.65. The summed E-state index contributed by atoms with van der Waals surface area (Å²) in [4.78, 5) is 41.5. The largest absolute Gasteiger partial charge is 0.334 e. The molecule has 3 N–H and O–H groups in total. The number of carbonyl (C=O) groups excluding carboxylic acids is 1. The summed E-state index contributed by atoms with van der Waals surface area (Å²) < 4.78 is 0. The summed E-state index contributed by atoms with van der Waals surface area (Å²) in [7, 11) is 0. The van der Waals surface area contributed by atoms with Gasteiger partial charge in [-0.25, -0.2) is 4.79 Å². The number of amides is 1. The van der Waals surface area contributed by atoms with Crippen molar-refractivity contribution >= 4 is 5.91 Å². The molecule has 2 fully saturated rings. The summed E-state index contributed by atoms with van der Waals surface area (Å²) >= 11 is 0. The van der Waals surface area contributed by atoms with E-state index in [2.05, 4.69) is 15.3 Å². The highest BCUT2D eigenvalue weighted by Crippen LogP contribution is 2.28. The van der Waals surface area contributed by atoms with Gasteiger partial charge in [0.05, 0.1) is 0 Å². The Hall–Kier alpha value is -1.89. The molecular weight excluding hydrogens is 260 g/mol. The Morgan fingerprint density at radius 3 is 2.70 bits per heavy atom. The maximum Gasteiger partial charge on any atom is 0.325 e. The summed E-state index contributed by atoms with van der Waals surface area (Å²) in [6.45, 7) is 1.61. The van der Waals surface area contributed by atoms with Gasteiger partial charge in [0.15, 0.2) is 0 Å². The van der Waals surface area contributed by atoms with Gasteiger partial charge < -0.3 is 15.2 Å². The van der Waals surface area contributed by atoms with E-state index in [9.17, 15) is 14.4 Å². The number of rotatable bonds is 4. The SMILES string of the molecule is O=C(c1c[nH]c(=O)[nH]c1=O)N(CC1CCCN1)C1CC1. The van der Waals surface area contributed by atoms with Gasteiger partial charge in [-0.05, 0) is 32.2 Å². The first-order valence-corrected chi connectivity index (χ1v) is 7.01. The van der Waals surface area contributed by atoms with Crippen molar-refractivity contribution in [2.75, 3.05) is 13.1 Å². The lowest BCUT2D eigenvalue weighted by Crippen LogP contribution is -2.44. The molecule has 0 spiro atoms. The number of aromatic nitrogens is 2. The van der Waals surface area contributed by atoms with Gasteiger partial charge in [-0.2, -0.15) is 0 Å². The van der Waals surface area contributed by atoms with Crippen molar-refractivity contribution in [2.24, 2.45) is 0 Å². The molecule has 1 aromatic heterocycles. The third kappa shape index (κ3) is 2.67. The average molecular weight is 278 g/mol. The Balaban J connectivity index is 1.81. The Morgan fingerprint density at radius 1 is 1.30 bits per heavy atom. The summed E-state index contributed by atoms with van der Waals surface area (Å²) in [6, 6.07) is 0.539. The number of nitrogens with zero attached hydrogens (tertiary/aromatic N) is 1. The zero-order valence-electron chi connectivity index (χ0n) is 11.1. The Kier molecular flexibility index (Phi) is 3.43. The number of H-pyrrole nitrogens is 2. The molecular formula is C13H18N4O3. The van der Waals surface area contributed by atoms with Crippen molar-refractivity contribution in [1.29, 1.82) is 0 Å². The maximum atomic E-state index is 12.5. The van der Waals surface area contributed by atoms with Gasteiger partial charge in [0, 0.05) is 24.8 Å². The van der Waals surface area contributed by atoms with Crippen LogP contribution in [0.1, 0.15) is 36.0 Å². The van der Waals surface area contributed by atoms with E-state index in [0.29, 0.717) is 12.6 Å². The molecule has 0 aromatic carbocycles. The van der Waals surface area contributed by atoms with E-state index in [4.69, 9.17) is 0 Å². The van der Waals surface area contributed by atoms with Gasteiger partial charge in [-0.3, -0.25) is 14.6 Å². The summed E-state index contributed by atoms with van der Waals surface area (Å²) in [5.41, 5.74) is -1.21. The molecule has 1 amide bonds. The van der Waals surface area contributed by atoms with E-state index in [1.54, 1.807) is 4.90 Å². The molecule has 1 aromatic rings. The van der Waals surface area contributed by atoms with Gasteiger partial charge in [-0.1, -0.05) is 0 Å². The van der Waals surface area contributed by atoms with Crippen LogP contribution in [-0.2, 0) is 0 Å². The monoisotopic (exact) mass is 278 g/mol. The minimum atomic E-state index is -0.621. The fourth-order valence-electron chi connectivity index (χ4n) is 2.66. The molecule has 1 saturated carbocycles. The van der Waals surface area contributed by atoms with Gasteiger partial charge in [0.1, 0.15) is 5.56 Å². The highest BCUT2D eigenvalue weighted by atomic mass is 16.2. The van der Waals surface area contributed by atoms with Crippen LogP contribution >= 0.6 is 0 Å². The lowest BCUT2D eigenvalue weighted by Gasteiger charge is -2.25. The van der Waals surface area contributed by atoms with Crippen molar-refractivity contribution < 1.29 is 4.79 Å². The zero-order valence-corrected chi connectivity index (χ0v) is 11.1. The van der Waals surface area contributed by atoms with Crippen molar-refractivity contribution in [3.8, 4) is 0 Å². The van der Waals surface area contributed by atoms with Crippen LogP contribution in [0, 0.1) is 0 Å². The highest BCUT2D eigenvalue weighted by molar-refractivity contribution is 5.94. The van der Waals surface area contributed by atoms with Crippen molar-refractivity contribution in [3.05, 3.63) is 32.6 Å². The second kappa shape index (κ2) is 5.24. The van der Waals surface area contributed by atoms with Crippen LogP contribution in [0.3, 0.4) is 0 Å². The molecule has 108 valence electrons. The molecule has 7 heteroatoms. The van der Waals surface area contributed by atoms with E-state index in [1.807, 2.05) is 0 Å². The Labute approximate surface area is 115 Å². The number of carbonyl (C=O) groups is 1. The van der Waals surface area contributed by atoms with E-state index in [1.165, 1.54) is 6.20 Å². The summed E-state index contributed by atoms with van der Waals surface area (Å²) in [5, 5.41) is 3.36. The van der Waals surface area contributed by atoms with Gasteiger partial charge in [0.25, 0.3) is 11.5 Å². The number of hydrogen-bond acceptors (Lipinski definition) is 4. The fraction of sp³-hybridized carbons (Fsp3) is 0.615. The van der Waals surface area contributed by atoms with E-state index < -0.39 is 11.2 Å². The summed E-state index contributed by atoms with van der Waals surface area (Å²) in [5.74, 6) is -0.293. The van der Waals surface area contributed by atoms with Gasteiger partial charge in [0.2, 0.25) is 0 Å². The molecule has 1 aliphatic heterocycles. The van der Waals surface area contributed by atoms with Crippen LogP contribution < -0.4 is 16.6 Å². The van der Waals surface area contributed by atoms with Crippen molar-refractivity contribution in [3.63, 3.8) is 0 Å². The quantitative estimate of drug-likeness (QED) is 0.686. The molecule has 1 aliphatic carbocycles. The molecule has 20 heavy (non-hydrogen) atoms. The normalized spacial score (nSPS) is 21.9. The molecule has 2 heterocycles. The molecule has 1 atom stereocenters. The first kappa shape index (κ1) is 13.1. The minimum Gasteiger partial charge on any atom is -0.334 e. The fourth-order valence-corrected chi connectivity index (χ4v) is 2.66. The van der Waals surface area contributed by atoms with Crippen LogP contribution in [0.25, 0.3) is 0 Å². The Bertz CT molecular complexity index is 611.